The van der Waals surface area contributed by atoms with E-state index in [0.29, 0.717) is 29.4 Å². The highest BCUT2D eigenvalue weighted by molar-refractivity contribution is 6.04. The smallest absolute Gasteiger partial charge is 0.276 e. The molecule has 9 heteroatoms. The molecule has 0 unspecified atom stereocenters. The van der Waals surface area contributed by atoms with Crippen LogP contribution in [0.1, 0.15) is 28.7 Å². The first-order chi connectivity index (χ1) is 11.6. The van der Waals surface area contributed by atoms with Crippen LogP contribution in [0.4, 0.5) is 11.4 Å². The first-order valence-electron chi connectivity index (χ1n) is 7.62. The fourth-order valence-electron chi connectivity index (χ4n) is 2.67. The van der Waals surface area contributed by atoms with E-state index in [1.54, 1.807) is 18.2 Å². The molecule has 0 bridgehead atoms. The lowest BCUT2D eigenvalue weighted by molar-refractivity contribution is -0.114. The van der Waals surface area contributed by atoms with Crippen molar-refractivity contribution in [3.63, 3.8) is 0 Å². The van der Waals surface area contributed by atoms with Crippen LogP contribution in [0, 0.1) is 0 Å². The van der Waals surface area contributed by atoms with Crippen LogP contribution in [-0.4, -0.2) is 35.7 Å². The van der Waals surface area contributed by atoms with Crippen molar-refractivity contribution < 1.29 is 14.3 Å². The van der Waals surface area contributed by atoms with Crippen molar-refractivity contribution in [2.24, 2.45) is 0 Å². The number of halogens is 1. The molecular formula is C16H20ClN5O3. The molecule has 1 aromatic carbocycles. The highest BCUT2D eigenvalue weighted by atomic mass is 35.5. The molecule has 0 spiro atoms. The van der Waals surface area contributed by atoms with Gasteiger partial charge in [0, 0.05) is 49.4 Å². The lowest BCUT2D eigenvalue weighted by atomic mass is 10.1. The molecule has 0 aliphatic carbocycles. The van der Waals surface area contributed by atoms with Crippen molar-refractivity contribution in [2.45, 2.75) is 19.9 Å². The highest BCUT2D eigenvalue weighted by Gasteiger charge is 2.21. The predicted molar refractivity (Wildman–Crippen MR) is 96.5 cm³/mol. The Hall–Kier alpha value is -2.58. The Morgan fingerprint density at radius 1 is 1.28 bits per heavy atom. The molecule has 1 aliphatic heterocycles. The Morgan fingerprint density at radius 3 is 2.80 bits per heavy atom. The van der Waals surface area contributed by atoms with E-state index in [2.05, 4.69) is 26.1 Å². The zero-order valence-electron chi connectivity index (χ0n) is 13.9. The van der Waals surface area contributed by atoms with E-state index in [1.807, 2.05) is 0 Å². The summed E-state index contributed by atoms with van der Waals surface area (Å²) in [5, 5.41) is 15.8. The molecule has 3 rings (SSSR count). The van der Waals surface area contributed by atoms with Gasteiger partial charge < -0.3 is 20.7 Å². The fraction of sp³-hybridized carbons (Fsp3) is 0.312. The molecule has 2 aromatic rings. The van der Waals surface area contributed by atoms with Crippen LogP contribution >= 0.6 is 12.4 Å². The maximum atomic E-state index is 12.5. The third kappa shape index (κ3) is 4.09. The standard InChI is InChI=1S/C16H19N5O3.ClH/c1-9(22)18-13-4-3-10(7-14(13)24-2)19-16(23)15-11-8-17-6-5-12(11)20-21-15;/h3-4,7,17H,5-6,8H2,1-2H3,(H,18,22)(H,19,23)(H,20,21);1H. The van der Waals surface area contributed by atoms with Gasteiger partial charge in [0.05, 0.1) is 12.8 Å². The monoisotopic (exact) mass is 365 g/mol. The normalized spacial score (nSPS) is 12.6. The van der Waals surface area contributed by atoms with Gasteiger partial charge in [0.2, 0.25) is 5.91 Å². The topological polar surface area (TPSA) is 108 Å². The summed E-state index contributed by atoms with van der Waals surface area (Å²) in [6.45, 7) is 2.92. The van der Waals surface area contributed by atoms with Crippen LogP contribution in [0.2, 0.25) is 0 Å². The fourth-order valence-corrected chi connectivity index (χ4v) is 2.67. The average Bonchev–Trinajstić information content (AvgIpc) is 3.00. The second-order valence-electron chi connectivity index (χ2n) is 5.51. The number of anilines is 2. The molecule has 1 aromatic heterocycles. The summed E-state index contributed by atoms with van der Waals surface area (Å²) in [7, 11) is 1.50. The number of nitrogens with one attached hydrogen (secondary N) is 4. The summed E-state index contributed by atoms with van der Waals surface area (Å²) in [6.07, 6.45) is 0.828. The third-order valence-corrected chi connectivity index (χ3v) is 3.79. The molecule has 2 amide bonds. The molecule has 0 saturated carbocycles. The molecule has 0 fully saturated rings. The van der Waals surface area contributed by atoms with Crippen molar-refractivity contribution in [3.8, 4) is 5.75 Å². The maximum Gasteiger partial charge on any atom is 0.276 e. The number of H-pyrrole nitrogens is 1. The lowest BCUT2D eigenvalue weighted by Crippen LogP contribution is -2.25. The van der Waals surface area contributed by atoms with Gasteiger partial charge in [-0.3, -0.25) is 14.7 Å². The number of carbonyl (C=O) groups excluding carboxylic acids is 2. The number of hydrogen-bond acceptors (Lipinski definition) is 5. The van der Waals surface area contributed by atoms with Crippen LogP contribution in [0.3, 0.4) is 0 Å². The molecule has 0 saturated heterocycles. The van der Waals surface area contributed by atoms with Gasteiger partial charge in [0.15, 0.2) is 5.69 Å². The first kappa shape index (κ1) is 18.8. The molecule has 134 valence electrons. The van der Waals surface area contributed by atoms with Crippen LogP contribution < -0.4 is 20.7 Å². The Labute approximate surface area is 151 Å². The number of amides is 2. The number of rotatable bonds is 4. The van der Waals surface area contributed by atoms with Gasteiger partial charge >= 0.3 is 0 Å². The van der Waals surface area contributed by atoms with Crippen LogP contribution in [-0.2, 0) is 17.8 Å². The quantitative estimate of drug-likeness (QED) is 0.659. The van der Waals surface area contributed by atoms with Crippen molar-refractivity contribution in [3.05, 3.63) is 35.2 Å². The zero-order valence-corrected chi connectivity index (χ0v) is 14.8. The second-order valence-corrected chi connectivity index (χ2v) is 5.51. The molecule has 8 nitrogen and oxygen atoms in total. The maximum absolute atomic E-state index is 12.5. The Balaban J connectivity index is 0.00000225. The van der Waals surface area contributed by atoms with Gasteiger partial charge in [-0.1, -0.05) is 0 Å². The number of nitrogens with zero attached hydrogens (tertiary/aromatic N) is 1. The van der Waals surface area contributed by atoms with E-state index in [1.165, 1.54) is 14.0 Å². The van der Waals surface area contributed by atoms with Gasteiger partial charge in [-0.05, 0) is 12.1 Å². The number of benzene rings is 1. The van der Waals surface area contributed by atoms with Crippen LogP contribution in [0.15, 0.2) is 18.2 Å². The molecule has 4 N–H and O–H groups in total. The minimum atomic E-state index is -0.287. The second kappa shape index (κ2) is 8.00. The SMILES string of the molecule is COc1cc(NC(=O)c2n[nH]c3c2CNCC3)ccc1NC(C)=O.Cl. The summed E-state index contributed by atoms with van der Waals surface area (Å²) in [4.78, 5) is 23.7. The summed E-state index contributed by atoms with van der Waals surface area (Å²) >= 11 is 0. The summed E-state index contributed by atoms with van der Waals surface area (Å²) < 4.78 is 5.25. The highest BCUT2D eigenvalue weighted by Crippen LogP contribution is 2.28. The minimum Gasteiger partial charge on any atom is -0.494 e. The number of aromatic amines is 1. The van der Waals surface area contributed by atoms with Crippen LogP contribution in [0.5, 0.6) is 5.75 Å². The zero-order chi connectivity index (χ0) is 17.1. The van der Waals surface area contributed by atoms with Crippen molar-refractivity contribution in [1.82, 2.24) is 15.5 Å². The summed E-state index contributed by atoms with van der Waals surface area (Å²) in [5.74, 6) is -0.0139. The summed E-state index contributed by atoms with van der Waals surface area (Å²) in [5.41, 5.74) is 3.40. The number of methoxy groups -OCH3 is 1. The van der Waals surface area contributed by atoms with E-state index in [0.717, 1.165) is 24.2 Å². The minimum absolute atomic E-state index is 0. The summed E-state index contributed by atoms with van der Waals surface area (Å²) in [6, 6.07) is 5.03. The average molecular weight is 366 g/mol. The number of carbonyl (C=O) groups is 2. The number of ether oxygens (including phenoxy) is 1. The Kier molecular flexibility index (Phi) is 6.00. The molecule has 0 radical (unpaired) electrons. The largest absolute Gasteiger partial charge is 0.494 e. The third-order valence-electron chi connectivity index (χ3n) is 3.79. The predicted octanol–water partition coefficient (Wildman–Crippen LogP) is 1.70. The Bertz CT molecular complexity index is 790. The number of hydrogen-bond donors (Lipinski definition) is 4. The molecule has 25 heavy (non-hydrogen) atoms. The van der Waals surface area contributed by atoms with Crippen molar-refractivity contribution in [2.75, 3.05) is 24.3 Å². The van der Waals surface area contributed by atoms with Gasteiger partial charge in [-0.2, -0.15) is 5.10 Å². The van der Waals surface area contributed by atoms with E-state index in [9.17, 15) is 9.59 Å². The molecule has 0 atom stereocenters. The van der Waals surface area contributed by atoms with E-state index in [-0.39, 0.29) is 24.2 Å². The van der Waals surface area contributed by atoms with Crippen LogP contribution in [0.25, 0.3) is 0 Å². The van der Waals surface area contributed by atoms with Gasteiger partial charge in [-0.25, -0.2) is 0 Å². The Morgan fingerprint density at radius 2 is 2.08 bits per heavy atom. The van der Waals surface area contributed by atoms with Gasteiger partial charge in [-0.15, -0.1) is 12.4 Å². The van der Waals surface area contributed by atoms with Crippen molar-refractivity contribution in [1.29, 1.82) is 0 Å². The molecule has 2 heterocycles. The van der Waals surface area contributed by atoms with E-state index >= 15 is 0 Å². The number of fused-ring (bicyclic) bond motifs is 1. The van der Waals surface area contributed by atoms with E-state index < -0.39 is 0 Å². The molecule has 1 aliphatic rings. The van der Waals surface area contributed by atoms with Gasteiger partial charge in [0.25, 0.3) is 5.91 Å². The first-order valence-corrected chi connectivity index (χ1v) is 7.62. The lowest BCUT2D eigenvalue weighted by Gasteiger charge is -2.14. The van der Waals surface area contributed by atoms with Crippen molar-refractivity contribution >= 4 is 35.6 Å². The van der Waals surface area contributed by atoms with E-state index in [4.69, 9.17) is 4.74 Å². The molecular weight excluding hydrogens is 346 g/mol. The van der Waals surface area contributed by atoms with Gasteiger partial charge in [0.1, 0.15) is 5.75 Å². The number of aromatic nitrogens is 2.